The Hall–Kier alpha value is -2.64. The summed E-state index contributed by atoms with van der Waals surface area (Å²) < 4.78 is 7.18. The zero-order valence-electron chi connectivity index (χ0n) is 18.5. The van der Waals surface area contributed by atoms with Gasteiger partial charge >= 0.3 is 0 Å². The van der Waals surface area contributed by atoms with E-state index in [0.29, 0.717) is 24.6 Å². The maximum Gasteiger partial charge on any atom is 0.262 e. The van der Waals surface area contributed by atoms with Crippen LogP contribution in [0.1, 0.15) is 43.0 Å². The number of ether oxygens (including phenoxy) is 1. The van der Waals surface area contributed by atoms with Crippen molar-refractivity contribution in [2.45, 2.75) is 31.7 Å². The van der Waals surface area contributed by atoms with Crippen molar-refractivity contribution in [1.29, 1.82) is 0 Å². The molecule has 1 aliphatic heterocycles. The number of hydrogen-bond donors (Lipinski definition) is 0. The smallest absolute Gasteiger partial charge is 0.262 e. The maximum absolute atomic E-state index is 13.5. The van der Waals surface area contributed by atoms with Crippen LogP contribution in [-0.4, -0.2) is 58.8 Å². The minimum Gasteiger partial charge on any atom is -0.383 e. The van der Waals surface area contributed by atoms with Gasteiger partial charge in [0, 0.05) is 44.3 Å². The molecule has 1 aliphatic carbocycles. The third-order valence-corrected chi connectivity index (χ3v) is 6.57. The molecule has 1 aromatic heterocycles. The summed E-state index contributed by atoms with van der Waals surface area (Å²) in [5.74, 6) is -0.138. The van der Waals surface area contributed by atoms with Crippen LogP contribution in [0.5, 0.6) is 0 Å². The molecule has 2 amide bonds. The van der Waals surface area contributed by atoms with Gasteiger partial charge in [-0.25, -0.2) is 5.01 Å². The minimum atomic E-state index is -0.243. The zero-order chi connectivity index (χ0) is 22.7. The van der Waals surface area contributed by atoms with Crippen molar-refractivity contribution in [1.82, 2.24) is 14.5 Å². The fourth-order valence-electron chi connectivity index (χ4n) is 4.22. The van der Waals surface area contributed by atoms with Gasteiger partial charge in [-0.15, -0.1) is 0 Å². The first-order chi connectivity index (χ1) is 15.5. The highest BCUT2D eigenvalue weighted by Gasteiger charge is 2.36. The van der Waals surface area contributed by atoms with Gasteiger partial charge in [-0.2, -0.15) is 5.10 Å². The SMILES string of the molecule is COCCN(CC(=O)N1N=C(c2cccn2C)CC1c1ccc(Cl)cc1)C(=O)C1CCC1. The van der Waals surface area contributed by atoms with E-state index in [0.717, 1.165) is 36.2 Å². The molecule has 1 atom stereocenters. The van der Waals surface area contributed by atoms with Crippen LogP contribution in [0.4, 0.5) is 0 Å². The Morgan fingerprint density at radius 1 is 1.22 bits per heavy atom. The first-order valence-corrected chi connectivity index (χ1v) is 11.4. The molecule has 7 nitrogen and oxygen atoms in total. The average Bonchev–Trinajstić information content (AvgIpc) is 3.36. The van der Waals surface area contributed by atoms with Gasteiger partial charge < -0.3 is 14.2 Å². The predicted molar refractivity (Wildman–Crippen MR) is 123 cm³/mol. The maximum atomic E-state index is 13.5. The Morgan fingerprint density at radius 3 is 2.56 bits per heavy atom. The van der Waals surface area contributed by atoms with Crippen LogP contribution in [0, 0.1) is 5.92 Å². The number of rotatable bonds is 8. The van der Waals surface area contributed by atoms with Crippen LogP contribution in [0.2, 0.25) is 5.02 Å². The van der Waals surface area contributed by atoms with Crippen molar-refractivity contribution >= 4 is 29.1 Å². The second-order valence-electron chi connectivity index (χ2n) is 8.44. The summed E-state index contributed by atoms with van der Waals surface area (Å²) in [6, 6.07) is 11.2. The lowest BCUT2D eigenvalue weighted by molar-refractivity contribution is -0.146. The highest BCUT2D eigenvalue weighted by molar-refractivity contribution is 6.30. The summed E-state index contributed by atoms with van der Waals surface area (Å²) in [6.45, 7) is 0.780. The van der Waals surface area contributed by atoms with E-state index in [2.05, 4.69) is 0 Å². The number of halogens is 1. The Morgan fingerprint density at radius 2 is 1.97 bits per heavy atom. The van der Waals surface area contributed by atoms with Crippen LogP contribution in [0.25, 0.3) is 0 Å². The van der Waals surface area contributed by atoms with Gasteiger partial charge in [-0.05, 0) is 42.7 Å². The summed E-state index contributed by atoms with van der Waals surface area (Å²) in [5.41, 5.74) is 2.78. The molecule has 0 saturated heterocycles. The van der Waals surface area contributed by atoms with Crippen LogP contribution in [0.3, 0.4) is 0 Å². The quantitative estimate of drug-likeness (QED) is 0.609. The summed E-state index contributed by atoms with van der Waals surface area (Å²) in [7, 11) is 3.56. The van der Waals surface area contributed by atoms with Crippen molar-refractivity contribution in [3.05, 3.63) is 58.9 Å². The molecule has 32 heavy (non-hydrogen) atoms. The first-order valence-electron chi connectivity index (χ1n) is 11.0. The topological polar surface area (TPSA) is 67.1 Å². The predicted octanol–water partition coefficient (Wildman–Crippen LogP) is 3.63. The van der Waals surface area contributed by atoms with Gasteiger partial charge in [0.2, 0.25) is 5.91 Å². The van der Waals surface area contributed by atoms with Gasteiger partial charge in [0.1, 0.15) is 6.54 Å². The number of methoxy groups -OCH3 is 1. The number of aromatic nitrogens is 1. The Bertz CT molecular complexity index is 997. The zero-order valence-corrected chi connectivity index (χ0v) is 19.3. The molecule has 1 unspecified atom stereocenters. The van der Waals surface area contributed by atoms with Gasteiger partial charge in [0.15, 0.2) is 0 Å². The Kier molecular flexibility index (Phi) is 6.96. The molecule has 0 radical (unpaired) electrons. The molecule has 0 spiro atoms. The molecule has 170 valence electrons. The van der Waals surface area contributed by atoms with E-state index in [1.54, 1.807) is 17.0 Å². The molecular formula is C24H29ClN4O3. The van der Waals surface area contributed by atoms with Crippen molar-refractivity contribution < 1.29 is 14.3 Å². The summed E-state index contributed by atoms with van der Waals surface area (Å²) in [5, 5.41) is 6.91. The number of nitrogens with zero attached hydrogens (tertiary/aromatic N) is 4. The van der Waals surface area contributed by atoms with E-state index in [1.807, 2.05) is 54.2 Å². The molecule has 0 N–H and O–H groups in total. The molecule has 1 fully saturated rings. The molecular weight excluding hydrogens is 428 g/mol. The third-order valence-electron chi connectivity index (χ3n) is 6.32. The van der Waals surface area contributed by atoms with Crippen LogP contribution in [-0.2, 0) is 21.4 Å². The lowest BCUT2D eigenvalue weighted by atomic mass is 9.84. The molecule has 2 aromatic rings. The van der Waals surface area contributed by atoms with Gasteiger partial charge in [-0.1, -0.05) is 30.2 Å². The molecule has 2 aliphatic rings. The number of hydrogen-bond acceptors (Lipinski definition) is 4. The van der Waals surface area contributed by atoms with E-state index in [4.69, 9.17) is 21.4 Å². The molecule has 1 saturated carbocycles. The molecule has 4 rings (SSSR count). The third kappa shape index (κ3) is 4.74. The van der Waals surface area contributed by atoms with E-state index in [9.17, 15) is 9.59 Å². The standard InChI is InChI=1S/C24H29ClN4O3/c1-27-12-4-7-21(27)20-15-22(17-8-10-19(25)11-9-17)29(26-20)23(30)16-28(13-14-32-2)24(31)18-5-3-6-18/h4,7-12,18,22H,3,5-6,13-16H2,1-2H3. The van der Waals surface area contributed by atoms with Crippen LogP contribution < -0.4 is 0 Å². The Labute approximate surface area is 193 Å². The highest BCUT2D eigenvalue weighted by Crippen LogP contribution is 2.34. The molecule has 0 bridgehead atoms. The van der Waals surface area contributed by atoms with Crippen LogP contribution in [0.15, 0.2) is 47.7 Å². The first kappa shape index (κ1) is 22.6. The van der Waals surface area contributed by atoms with Crippen molar-refractivity contribution in [3.63, 3.8) is 0 Å². The average molecular weight is 457 g/mol. The van der Waals surface area contributed by atoms with E-state index in [-0.39, 0.29) is 30.3 Å². The second-order valence-corrected chi connectivity index (χ2v) is 8.88. The summed E-state index contributed by atoms with van der Waals surface area (Å²) in [6.07, 6.45) is 5.41. The van der Waals surface area contributed by atoms with Crippen LogP contribution >= 0.6 is 11.6 Å². The largest absolute Gasteiger partial charge is 0.383 e. The highest BCUT2D eigenvalue weighted by atomic mass is 35.5. The number of benzene rings is 1. The molecule has 8 heteroatoms. The Balaban J connectivity index is 1.58. The second kappa shape index (κ2) is 9.88. The number of amides is 2. The minimum absolute atomic E-state index is 0.00724. The molecule has 2 heterocycles. The van der Waals surface area contributed by atoms with Crippen molar-refractivity contribution in [3.8, 4) is 0 Å². The number of aryl methyl sites for hydroxylation is 1. The normalized spacial score (nSPS) is 18.4. The summed E-state index contributed by atoms with van der Waals surface area (Å²) >= 11 is 6.08. The van der Waals surface area contributed by atoms with E-state index < -0.39 is 0 Å². The monoisotopic (exact) mass is 456 g/mol. The van der Waals surface area contributed by atoms with E-state index >= 15 is 0 Å². The van der Waals surface area contributed by atoms with Gasteiger partial charge in [0.25, 0.3) is 5.91 Å². The van der Waals surface area contributed by atoms with Gasteiger partial charge in [-0.3, -0.25) is 9.59 Å². The van der Waals surface area contributed by atoms with Crippen molar-refractivity contribution in [2.75, 3.05) is 26.8 Å². The fraction of sp³-hybridized carbons (Fsp3) is 0.458. The summed E-state index contributed by atoms with van der Waals surface area (Å²) in [4.78, 5) is 28.0. The lowest BCUT2D eigenvalue weighted by Crippen LogP contribution is -2.46. The number of hydrazone groups is 1. The van der Waals surface area contributed by atoms with Crippen molar-refractivity contribution in [2.24, 2.45) is 18.1 Å². The lowest BCUT2D eigenvalue weighted by Gasteiger charge is -2.32. The van der Waals surface area contributed by atoms with Gasteiger partial charge in [0.05, 0.1) is 24.1 Å². The molecule has 1 aromatic carbocycles. The van der Waals surface area contributed by atoms with E-state index in [1.165, 1.54) is 0 Å². The number of carbonyl (C=O) groups is 2. The number of carbonyl (C=O) groups excluding carboxylic acids is 2. The fourth-order valence-corrected chi connectivity index (χ4v) is 4.34.